The molecule has 3 aromatic carbocycles. The zero-order valence-corrected chi connectivity index (χ0v) is 31.4. The molecule has 14 nitrogen and oxygen atoms in total. The van der Waals surface area contributed by atoms with Crippen molar-refractivity contribution in [3.05, 3.63) is 94.5 Å². The molecule has 286 valence electrons. The topological polar surface area (TPSA) is 200 Å². The number of nitrogens with one attached hydrogen (secondary N) is 2. The number of nitrogens with zero attached hydrogens (tertiary/aromatic N) is 2. The van der Waals surface area contributed by atoms with E-state index >= 15 is 0 Å². The summed E-state index contributed by atoms with van der Waals surface area (Å²) in [5, 5.41) is 19.6. The summed E-state index contributed by atoms with van der Waals surface area (Å²) >= 11 is 6.15. The highest BCUT2D eigenvalue weighted by molar-refractivity contribution is 7.90. The summed E-state index contributed by atoms with van der Waals surface area (Å²) in [6.07, 6.45) is 2.50. The lowest BCUT2D eigenvalue weighted by Gasteiger charge is -2.36. The molecule has 1 aliphatic heterocycles. The molecule has 4 N–H and O–H groups in total. The Balaban J connectivity index is 1.12. The Hall–Kier alpha value is -4.06. The summed E-state index contributed by atoms with van der Waals surface area (Å²) in [5.74, 6) is -1.49. The van der Waals surface area contributed by atoms with Gasteiger partial charge in [-0.15, -0.1) is 0 Å². The van der Waals surface area contributed by atoms with Gasteiger partial charge in [-0.25, -0.2) is 35.9 Å². The number of hydrogen-bond acceptors (Lipinski definition) is 8. The molecule has 2 amide bonds. The van der Waals surface area contributed by atoms with Gasteiger partial charge >= 0.3 is 12.1 Å². The van der Waals surface area contributed by atoms with Crippen LogP contribution in [-0.2, 0) is 54.1 Å². The maximum atomic E-state index is 13.5. The molecular formula is C36H43ClN4O10S2. The van der Waals surface area contributed by atoms with Gasteiger partial charge in [-0.05, 0) is 67.0 Å². The second-order valence-corrected chi connectivity index (χ2v) is 17.1. The number of ether oxygens (including phenoxy) is 1. The van der Waals surface area contributed by atoms with Crippen molar-refractivity contribution >= 4 is 49.6 Å². The molecule has 5 rings (SSSR count). The lowest BCUT2D eigenvalue weighted by atomic mass is 9.84. The van der Waals surface area contributed by atoms with Gasteiger partial charge in [0.05, 0.1) is 23.1 Å². The van der Waals surface area contributed by atoms with Crippen molar-refractivity contribution in [3.8, 4) is 0 Å². The van der Waals surface area contributed by atoms with E-state index in [4.69, 9.17) is 16.3 Å². The SMILES string of the molecule is C[C@@H](C(=O)N1[C@@H]2CCCC[C@@H]2C[C@H]1C(=O)O)N(CCOCc1ccc(CNS(=O)(=O)c2ccc(Cl)c(S(=O)(=O)NCc3ccccc3)c2)cc1)C(=O)O. The number of halogens is 1. The van der Waals surface area contributed by atoms with Gasteiger partial charge in [0.1, 0.15) is 17.0 Å². The fourth-order valence-electron chi connectivity index (χ4n) is 6.88. The lowest BCUT2D eigenvalue weighted by molar-refractivity contribution is -0.152. The first kappa shape index (κ1) is 40.1. The Morgan fingerprint density at radius 3 is 2.17 bits per heavy atom. The number of benzene rings is 3. The third-order valence-corrected chi connectivity index (χ3v) is 13.0. The number of carbonyl (C=O) groups excluding carboxylic acids is 1. The monoisotopic (exact) mass is 790 g/mol. The molecule has 0 radical (unpaired) electrons. The lowest BCUT2D eigenvalue weighted by Crippen LogP contribution is -2.55. The number of carboxylic acids is 1. The van der Waals surface area contributed by atoms with Gasteiger partial charge in [0.15, 0.2) is 0 Å². The number of fused-ring (bicyclic) bond motifs is 1. The first-order valence-corrected chi connectivity index (χ1v) is 20.6. The van der Waals surface area contributed by atoms with Crippen LogP contribution in [0.15, 0.2) is 82.6 Å². The predicted molar refractivity (Wildman–Crippen MR) is 195 cm³/mol. The summed E-state index contributed by atoms with van der Waals surface area (Å²) in [6.45, 7) is 1.34. The number of hydrogen-bond donors (Lipinski definition) is 4. The third-order valence-electron chi connectivity index (χ3n) is 9.74. The molecule has 1 aliphatic carbocycles. The van der Waals surface area contributed by atoms with Crippen molar-refractivity contribution in [2.45, 2.75) is 86.6 Å². The molecule has 4 atom stereocenters. The van der Waals surface area contributed by atoms with E-state index in [1.54, 1.807) is 54.6 Å². The molecule has 0 aromatic heterocycles. The molecular weight excluding hydrogens is 748 g/mol. The van der Waals surface area contributed by atoms with E-state index in [1.165, 1.54) is 24.0 Å². The van der Waals surface area contributed by atoms with E-state index in [0.29, 0.717) is 24.0 Å². The minimum absolute atomic E-state index is 0.00713. The van der Waals surface area contributed by atoms with Gasteiger partial charge in [0.25, 0.3) is 0 Å². The number of likely N-dealkylation sites (tertiary alicyclic amines) is 1. The van der Waals surface area contributed by atoms with Crippen molar-refractivity contribution in [1.29, 1.82) is 0 Å². The summed E-state index contributed by atoms with van der Waals surface area (Å²) in [7, 11) is -8.27. The molecule has 53 heavy (non-hydrogen) atoms. The molecule has 3 aromatic rings. The molecule has 1 heterocycles. The molecule has 0 unspecified atom stereocenters. The highest BCUT2D eigenvalue weighted by atomic mass is 35.5. The second-order valence-electron chi connectivity index (χ2n) is 13.2. The zero-order valence-electron chi connectivity index (χ0n) is 29.1. The Bertz CT molecular complexity index is 2000. The number of aliphatic carboxylic acids is 1. The van der Waals surface area contributed by atoms with Gasteiger partial charge in [0, 0.05) is 25.7 Å². The van der Waals surface area contributed by atoms with E-state index in [-0.39, 0.29) is 59.6 Å². The Kier molecular flexibility index (Phi) is 13.2. The first-order chi connectivity index (χ1) is 25.2. The Morgan fingerprint density at radius 2 is 1.51 bits per heavy atom. The van der Waals surface area contributed by atoms with Crippen LogP contribution in [0.3, 0.4) is 0 Å². The van der Waals surface area contributed by atoms with E-state index < -0.39 is 50.1 Å². The predicted octanol–water partition coefficient (Wildman–Crippen LogP) is 4.43. The quantitative estimate of drug-likeness (QED) is 0.151. The van der Waals surface area contributed by atoms with Gasteiger partial charge in [-0.2, -0.15) is 0 Å². The maximum Gasteiger partial charge on any atom is 0.408 e. The molecule has 2 fully saturated rings. The highest BCUT2D eigenvalue weighted by Gasteiger charge is 2.49. The fraction of sp³-hybridized carbons (Fsp3) is 0.417. The standard InChI is InChI=1S/C36H43ClN4O10S2/c1-24(34(42)41-31-10-6-5-9-28(31)19-32(41)35(43)44)40(36(45)46)17-18-51-23-27-13-11-26(12-14-27)22-38-52(47,48)29-15-16-30(37)33(20-29)53(49,50)39-21-25-7-3-2-4-8-25/h2-4,7-8,11-16,20,24,28,31-32,38-39H,5-6,9-10,17-19,21-23H2,1H3,(H,43,44)(H,45,46)/t24-,28+,31+,32-/m0/s1. The van der Waals surface area contributed by atoms with Crippen LogP contribution >= 0.6 is 11.6 Å². The Labute approximate surface area is 314 Å². The summed E-state index contributed by atoms with van der Waals surface area (Å²) < 4.78 is 62.8. The van der Waals surface area contributed by atoms with E-state index in [1.807, 2.05) is 0 Å². The van der Waals surface area contributed by atoms with Crippen LogP contribution in [0.25, 0.3) is 0 Å². The van der Waals surface area contributed by atoms with Gasteiger partial charge in [-0.1, -0.05) is 79.0 Å². The van der Waals surface area contributed by atoms with Crippen molar-refractivity contribution in [2.75, 3.05) is 13.2 Å². The summed E-state index contributed by atoms with van der Waals surface area (Å²) in [6, 6.07) is 16.8. The number of amides is 2. The number of rotatable bonds is 16. The van der Waals surface area contributed by atoms with Crippen LogP contribution in [-0.4, -0.2) is 86.1 Å². The van der Waals surface area contributed by atoms with Crippen LogP contribution < -0.4 is 9.44 Å². The molecule has 1 saturated carbocycles. The number of carboxylic acid groups (broad SMARTS) is 2. The van der Waals surface area contributed by atoms with Crippen LogP contribution in [0.1, 0.15) is 55.7 Å². The second kappa shape index (κ2) is 17.4. The number of carbonyl (C=O) groups is 3. The van der Waals surface area contributed by atoms with Crippen LogP contribution in [0.4, 0.5) is 4.79 Å². The number of sulfonamides is 2. The average Bonchev–Trinajstić information content (AvgIpc) is 3.54. The molecule has 1 saturated heterocycles. The smallest absolute Gasteiger partial charge is 0.408 e. The van der Waals surface area contributed by atoms with Crippen molar-refractivity contribution in [1.82, 2.24) is 19.2 Å². The van der Waals surface area contributed by atoms with Crippen molar-refractivity contribution < 1.29 is 46.2 Å². The fourth-order valence-corrected chi connectivity index (χ4v) is 9.54. The van der Waals surface area contributed by atoms with Crippen molar-refractivity contribution in [3.63, 3.8) is 0 Å². The largest absolute Gasteiger partial charge is 0.480 e. The highest BCUT2D eigenvalue weighted by Crippen LogP contribution is 2.40. The van der Waals surface area contributed by atoms with Crippen LogP contribution in [0.2, 0.25) is 5.02 Å². The van der Waals surface area contributed by atoms with Gasteiger partial charge in [-0.3, -0.25) is 9.69 Å². The average molecular weight is 791 g/mol. The maximum absolute atomic E-state index is 13.5. The van der Waals surface area contributed by atoms with Crippen LogP contribution in [0.5, 0.6) is 0 Å². The normalized spacial score (nSPS) is 19.4. The van der Waals surface area contributed by atoms with E-state index in [2.05, 4.69) is 9.44 Å². The molecule has 17 heteroatoms. The van der Waals surface area contributed by atoms with E-state index in [9.17, 15) is 41.4 Å². The van der Waals surface area contributed by atoms with E-state index in [0.717, 1.165) is 35.8 Å². The van der Waals surface area contributed by atoms with Gasteiger partial charge < -0.3 is 19.8 Å². The first-order valence-electron chi connectivity index (χ1n) is 17.2. The minimum atomic E-state index is -4.14. The molecule has 2 aliphatic rings. The summed E-state index contributed by atoms with van der Waals surface area (Å²) in [5.41, 5.74) is 2.05. The Morgan fingerprint density at radius 1 is 0.887 bits per heavy atom. The third kappa shape index (κ3) is 9.93. The van der Waals surface area contributed by atoms with Crippen molar-refractivity contribution in [2.24, 2.45) is 5.92 Å². The summed E-state index contributed by atoms with van der Waals surface area (Å²) in [4.78, 5) is 39.4. The molecule has 0 spiro atoms. The zero-order chi connectivity index (χ0) is 38.3. The van der Waals surface area contributed by atoms with Gasteiger partial charge in [0.2, 0.25) is 26.0 Å². The molecule has 0 bridgehead atoms. The minimum Gasteiger partial charge on any atom is -0.480 e. The van der Waals surface area contributed by atoms with Crippen LogP contribution in [0, 0.1) is 5.92 Å².